The summed E-state index contributed by atoms with van der Waals surface area (Å²) in [5.74, 6) is 0.957. The number of rotatable bonds is 6. The van der Waals surface area contributed by atoms with Crippen molar-refractivity contribution >= 4 is 5.91 Å². The molecule has 0 aliphatic heterocycles. The summed E-state index contributed by atoms with van der Waals surface area (Å²) in [5.41, 5.74) is 6.44. The normalized spacial score (nSPS) is 9.82. The number of ether oxygens (including phenoxy) is 2. The van der Waals surface area contributed by atoms with Gasteiger partial charge in [0.2, 0.25) is 0 Å². The Kier molecular flexibility index (Phi) is 5.29. The second-order valence-electron chi connectivity index (χ2n) is 3.34. The maximum absolute atomic E-state index is 11.1. The predicted molar refractivity (Wildman–Crippen MR) is 65.1 cm³/mol. The lowest BCUT2D eigenvalue weighted by molar-refractivity contribution is -0.122. The number of nitrogens with one attached hydrogen (secondary N) is 1. The highest BCUT2D eigenvalue weighted by Gasteiger charge is 2.11. The molecule has 5 nitrogen and oxygen atoms in total. The van der Waals surface area contributed by atoms with Crippen LogP contribution in [-0.4, -0.2) is 26.2 Å². The Labute approximate surface area is 101 Å². The first-order valence-electron chi connectivity index (χ1n) is 5.51. The largest absolute Gasteiger partial charge is 0.490 e. The van der Waals surface area contributed by atoms with E-state index in [0.717, 1.165) is 5.56 Å². The topological polar surface area (TPSA) is 73.6 Å². The number of nitrogens with two attached hydrogens (primary N) is 1. The van der Waals surface area contributed by atoms with E-state index in [-0.39, 0.29) is 12.5 Å². The van der Waals surface area contributed by atoms with Crippen LogP contribution in [0.15, 0.2) is 18.2 Å². The van der Waals surface area contributed by atoms with Crippen molar-refractivity contribution in [2.24, 2.45) is 5.73 Å². The van der Waals surface area contributed by atoms with E-state index in [0.29, 0.717) is 24.7 Å². The first-order chi connectivity index (χ1) is 8.22. The van der Waals surface area contributed by atoms with Crippen LogP contribution in [0.5, 0.6) is 11.5 Å². The van der Waals surface area contributed by atoms with Crippen molar-refractivity contribution in [3.05, 3.63) is 23.8 Å². The number of para-hydroxylation sites is 1. The average molecular weight is 238 g/mol. The summed E-state index contributed by atoms with van der Waals surface area (Å²) in [6.07, 6.45) is 0. The van der Waals surface area contributed by atoms with Gasteiger partial charge in [0.05, 0.1) is 6.61 Å². The highest BCUT2D eigenvalue weighted by molar-refractivity contribution is 5.77. The van der Waals surface area contributed by atoms with E-state index >= 15 is 0 Å². The summed E-state index contributed by atoms with van der Waals surface area (Å²) in [4.78, 5) is 11.1. The Morgan fingerprint density at radius 2 is 2.18 bits per heavy atom. The predicted octanol–water partition coefficient (Wildman–Crippen LogP) is 0.669. The fraction of sp³-hybridized carbons (Fsp3) is 0.417. The summed E-state index contributed by atoms with van der Waals surface area (Å²) >= 11 is 0. The van der Waals surface area contributed by atoms with Gasteiger partial charge >= 0.3 is 0 Å². The van der Waals surface area contributed by atoms with Gasteiger partial charge in [0.1, 0.15) is 0 Å². The molecular weight excluding hydrogens is 220 g/mol. The number of amides is 1. The number of hydrogen-bond donors (Lipinski definition) is 2. The van der Waals surface area contributed by atoms with Gasteiger partial charge in [-0.2, -0.15) is 0 Å². The molecule has 1 aromatic rings. The van der Waals surface area contributed by atoms with Gasteiger partial charge in [0.25, 0.3) is 5.91 Å². The Morgan fingerprint density at radius 3 is 2.76 bits per heavy atom. The molecule has 1 amide bonds. The Morgan fingerprint density at radius 1 is 1.41 bits per heavy atom. The van der Waals surface area contributed by atoms with E-state index in [1.165, 1.54) is 0 Å². The average Bonchev–Trinajstić information content (AvgIpc) is 2.36. The van der Waals surface area contributed by atoms with Crippen LogP contribution < -0.4 is 20.5 Å². The molecular formula is C12H18N2O3. The zero-order chi connectivity index (χ0) is 12.7. The van der Waals surface area contributed by atoms with Crippen molar-refractivity contribution < 1.29 is 14.3 Å². The molecule has 0 unspecified atom stereocenters. The zero-order valence-corrected chi connectivity index (χ0v) is 10.2. The minimum atomic E-state index is -0.195. The van der Waals surface area contributed by atoms with Crippen LogP contribution in [0.1, 0.15) is 12.5 Å². The number of hydrogen-bond acceptors (Lipinski definition) is 4. The van der Waals surface area contributed by atoms with E-state index in [1.54, 1.807) is 13.1 Å². The first kappa shape index (κ1) is 13.3. The maximum Gasteiger partial charge on any atom is 0.257 e. The third-order valence-electron chi connectivity index (χ3n) is 2.21. The van der Waals surface area contributed by atoms with E-state index in [9.17, 15) is 4.79 Å². The Balaban J connectivity index is 2.88. The van der Waals surface area contributed by atoms with Crippen molar-refractivity contribution in [1.82, 2.24) is 5.32 Å². The van der Waals surface area contributed by atoms with Crippen LogP contribution in [0.25, 0.3) is 0 Å². The van der Waals surface area contributed by atoms with Gasteiger partial charge in [-0.05, 0) is 13.0 Å². The van der Waals surface area contributed by atoms with E-state index in [4.69, 9.17) is 15.2 Å². The van der Waals surface area contributed by atoms with Gasteiger partial charge in [-0.1, -0.05) is 12.1 Å². The molecule has 1 aromatic carbocycles. The molecule has 94 valence electrons. The third-order valence-corrected chi connectivity index (χ3v) is 2.21. The van der Waals surface area contributed by atoms with Gasteiger partial charge in [0.15, 0.2) is 18.1 Å². The molecule has 0 atom stereocenters. The number of likely N-dealkylation sites (N-methyl/N-ethyl adjacent to an activating group) is 1. The minimum Gasteiger partial charge on any atom is -0.490 e. The molecule has 0 aromatic heterocycles. The van der Waals surface area contributed by atoms with E-state index < -0.39 is 0 Å². The molecule has 3 N–H and O–H groups in total. The van der Waals surface area contributed by atoms with Crippen molar-refractivity contribution in [2.45, 2.75) is 13.5 Å². The van der Waals surface area contributed by atoms with Gasteiger partial charge in [-0.15, -0.1) is 0 Å². The lowest BCUT2D eigenvalue weighted by atomic mass is 10.2. The molecule has 0 fully saturated rings. The fourth-order valence-electron chi connectivity index (χ4n) is 1.36. The van der Waals surface area contributed by atoms with Crippen LogP contribution >= 0.6 is 0 Å². The third kappa shape index (κ3) is 3.64. The van der Waals surface area contributed by atoms with Crippen LogP contribution in [0.2, 0.25) is 0 Å². The van der Waals surface area contributed by atoms with Crippen molar-refractivity contribution in [3.63, 3.8) is 0 Å². The molecule has 17 heavy (non-hydrogen) atoms. The second-order valence-corrected chi connectivity index (χ2v) is 3.34. The fourth-order valence-corrected chi connectivity index (χ4v) is 1.36. The Bertz CT molecular complexity index is 380. The monoisotopic (exact) mass is 238 g/mol. The van der Waals surface area contributed by atoms with Crippen LogP contribution in [0.3, 0.4) is 0 Å². The van der Waals surface area contributed by atoms with Gasteiger partial charge in [0, 0.05) is 19.2 Å². The second kappa shape index (κ2) is 6.75. The molecule has 5 heteroatoms. The molecule has 0 aliphatic carbocycles. The van der Waals surface area contributed by atoms with E-state index in [2.05, 4.69) is 5.32 Å². The highest BCUT2D eigenvalue weighted by Crippen LogP contribution is 2.31. The van der Waals surface area contributed by atoms with Crippen molar-refractivity contribution in [2.75, 3.05) is 20.3 Å². The summed E-state index contributed by atoms with van der Waals surface area (Å²) in [5, 5.41) is 2.49. The molecule has 0 spiro atoms. The maximum atomic E-state index is 11.1. The Hall–Kier alpha value is -1.75. The summed E-state index contributed by atoms with van der Waals surface area (Å²) in [6.45, 7) is 2.71. The zero-order valence-electron chi connectivity index (χ0n) is 10.2. The molecule has 0 saturated heterocycles. The molecule has 1 rings (SSSR count). The number of benzene rings is 1. The van der Waals surface area contributed by atoms with Crippen LogP contribution in [0, 0.1) is 0 Å². The smallest absolute Gasteiger partial charge is 0.257 e. The molecule has 0 aliphatic rings. The minimum absolute atomic E-state index is 0.0480. The molecule has 0 saturated carbocycles. The molecule has 0 heterocycles. The summed E-state index contributed by atoms with van der Waals surface area (Å²) in [6, 6.07) is 5.49. The number of carbonyl (C=O) groups is 1. The number of carbonyl (C=O) groups excluding carboxylic acids is 1. The van der Waals surface area contributed by atoms with Gasteiger partial charge in [-0.25, -0.2) is 0 Å². The van der Waals surface area contributed by atoms with E-state index in [1.807, 2.05) is 19.1 Å². The van der Waals surface area contributed by atoms with Crippen LogP contribution in [0.4, 0.5) is 0 Å². The van der Waals surface area contributed by atoms with Gasteiger partial charge < -0.3 is 20.5 Å². The highest BCUT2D eigenvalue weighted by atomic mass is 16.5. The SMILES string of the molecule is CCOc1cccc(CN)c1OCC(=O)NC. The standard InChI is InChI=1S/C12H18N2O3/c1-3-16-10-6-4-5-9(7-13)12(10)17-8-11(15)14-2/h4-6H,3,7-8,13H2,1-2H3,(H,14,15). The summed E-state index contributed by atoms with van der Waals surface area (Å²) < 4.78 is 10.9. The van der Waals surface area contributed by atoms with Crippen LogP contribution in [-0.2, 0) is 11.3 Å². The van der Waals surface area contributed by atoms with Gasteiger partial charge in [-0.3, -0.25) is 4.79 Å². The van der Waals surface area contributed by atoms with Crippen molar-refractivity contribution in [1.29, 1.82) is 0 Å². The molecule has 0 radical (unpaired) electrons. The lowest BCUT2D eigenvalue weighted by Crippen LogP contribution is -2.25. The molecule has 0 bridgehead atoms. The summed E-state index contributed by atoms with van der Waals surface area (Å²) in [7, 11) is 1.56. The first-order valence-corrected chi connectivity index (χ1v) is 5.51. The lowest BCUT2D eigenvalue weighted by Gasteiger charge is -2.14. The van der Waals surface area contributed by atoms with Crippen molar-refractivity contribution in [3.8, 4) is 11.5 Å². The quantitative estimate of drug-likeness (QED) is 0.764.